The van der Waals surface area contributed by atoms with Crippen LogP contribution < -0.4 is 18.3 Å². The molecule has 0 amide bonds. The molecular weight excluding hydrogens is 554 g/mol. The van der Waals surface area contributed by atoms with Crippen LogP contribution in [0.25, 0.3) is 10.3 Å². The molecule has 0 aliphatic heterocycles. The van der Waals surface area contributed by atoms with Gasteiger partial charge in [0.1, 0.15) is 0 Å². The van der Waals surface area contributed by atoms with Crippen LogP contribution in [0.4, 0.5) is 19.1 Å². The molecule has 1 aliphatic rings. The summed E-state index contributed by atoms with van der Waals surface area (Å²) in [6.45, 7) is 0. The topological polar surface area (TPSA) is 93.1 Å². The summed E-state index contributed by atoms with van der Waals surface area (Å²) in [6, 6.07) is 8.98. The predicted molar refractivity (Wildman–Crippen MR) is 134 cm³/mol. The number of anilines is 1. The Morgan fingerprint density at radius 3 is 2.50 bits per heavy atom. The standard InChI is InChI=1S/C24H23AsF3N5O2S/c1-35-20-11-10-17-21(33-20)36-22(30-17)25-19-12-18(24(27,28)13-2-4-14(26)5-3-13)31-23(32-19)29-15-6-8-16(34)9-7-15/h2-5,10-12,15-16,25,34H,6-9H2,1H3,(H,29,31,32)/t15-,16-. The summed E-state index contributed by atoms with van der Waals surface area (Å²) in [4.78, 5) is 18.5. The average Bonchev–Trinajstić information content (AvgIpc) is 3.27. The van der Waals surface area contributed by atoms with Crippen LogP contribution >= 0.6 is 11.3 Å². The Bertz CT molecular complexity index is 1360. The third-order valence-corrected chi connectivity index (χ3v) is 9.67. The van der Waals surface area contributed by atoms with E-state index < -0.39 is 33.2 Å². The summed E-state index contributed by atoms with van der Waals surface area (Å²) in [5.74, 6) is -3.44. The van der Waals surface area contributed by atoms with Crippen LogP contribution in [0.2, 0.25) is 0 Å². The molecule has 0 saturated heterocycles. The maximum atomic E-state index is 15.5. The molecule has 0 spiro atoms. The second kappa shape index (κ2) is 10.3. The zero-order valence-corrected chi connectivity index (χ0v) is 22.1. The van der Waals surface area contributed by atoms with Gasteiger partial charge in [-0.3, -0.25) is 0 Å². The first kappa shape index (κ1) is 24.9. The minimum absolute atomic E-state index is 0.0185. The molecule has 0 radical (unpaired) electrons. The molecular formula is C24H23AsF3N5O2S. The number of nitrogens with one attached hydrogen (secondary N) is 1. The van der Waals surface area contributed by atoms with Gasteiger partial charge >= 0.3 is 216 Å². The van der Waals surface area contributed by atoms with Crippen LogP contribution in [0, 0.1) is 5.82 Å². The van der Waals surface area contributed by atoms with Crippen LogP contribution in [0.5, 0.6) is 5.88 Å². The van der Waals surface area contributed by atoms with E-state index in [0.717, 1.165) is 28.1 Å². The Morgan fingerprint density at radius 1 is 1.03 bits per heavy atom. The Balaban J connectivity index is 1.49. The van der Waals surface area contributed by atoms with Crippen molar-refractivity contribution in [2.75, 3.05) is 12.4 Å². The molecule has 5 rings (SSSR count). The van der Waals surface area contributed by atoms with Crippen LogP contribution in [0.3, 0.4) is 0 Å². The number of rotatable bonds is 7. The summed E-state index contributed by atoms with van der Waals surface area (Å²) in [7, 11) is 1.54. The van der Waals surface area contributed by atoms with Crippen molar-refractivity contribution in [2.24, 2.45) is 0 Å². The quantitative estimate of drug-likeness (QED) is 0.327. The van der Waals surface area contributed by atoms with E-state index in [1.807, 2.05) is 6.07 Å². The van der Waals surface area contributed by atoms with Crippen molar-refractivity contribution in [3.8, 4) is 5.88 Å². The van der Waals surface area contributed by atoms with Gasteiger partial charge in [-0.1, -0.05) is 0 Å². The van der Waals surface area contributed by atoms with E-state index in [0.29, 0.717) is 46.4 Å². The first-order chi connectivity index (χ1) is 17.3. The number of halogens is 3. The fourth-order valence-electron chi connectivity index (χ4n) is 4.02. The van der Waals surface area contributed by atoms with Gasteiger partial charge in [0.25, 0.3) is 0 Å². The van der Waals surface area contributed by atoms with E-state index in [1.165, 1.54) is 24.5 Å². The van der Waals surface area contributed by atoms with E-state index in [1.54, 1.807) is 6.07 Å². The summed E-state index contributed by atoms with van der Waals surface area (Å²) >= 11 is 0.202. The number of ether oxygens (including phenoxy) is 1. The molecule has 0 bridgehead atoms. The molecule has 1 saturated carbocycles. The number of thiazole rings is 1. The van der Waals surface area contributed by atoms with Crippen molar-refractivity contribution in [3.63, 3.8) is 0 Å². The van der Waals surface area contributed by atoms with Gasteiger partial charge in [0.15, 0.2) is 0 Å². The molecule has 1 unspecified atom stereocenters. The third-order valence-electron chi connectivity index (χ3n) is 5.96. The summed E-state index contributed by atoms with van der Waals surface area (Å²) in [5.41, 5.74) is -0.0942. The molecule has 7 nitrogen and oxygen atoms in total. The van der Waals surface area contributed by atoms with Gasteiger partial charge in [-0.2, -0.15) is 0 Å². The zero-order valence-electron chi connectivity index (χ0n) is 19.2. The maximum absolute atomic E-state index is 15.5. The van der Waals surface area contributed by atoms with E-state index in [9.17, 15) is 9.50 Å². The number of hydrogen-bond donors (Lipinski definition) is 2. The Kier molecular flexibility index (Phi) is 7.14. The molecule has 4 aromatic rings. The van der Waals surface area contributed by atoms with Crippen LogP contribution in [0.15, 0.2) is 42.5 Å². The summed E-state index contributed by atoms with van der Waals surface area (Å²) < 4.78 is 50.8. The number of hydrogen-bond acceptors (Lipinski definition) is 8. The summed E-state index contributed by atoms with van der Waals surface area (Å²) in [5, 5.41) is 13.0. The number of aliphatic hydroxyl groups excluding tert-OH is 1. The molecule has 3 aromatic heterocycles. The molecule has 1 atom stereocenters. The van der Waals surface area contributed by atoms with E-state index in [2.05, 4.69) is 25.3 Å². The van der Waals surface area contributed by atoms with Crippen molar-refractivity contribution in [1.82, 2.24) is 19.9 Å². The second-order valence-corrected chi connectivity index (χ2v) is 12.8. The molecule has 188 valence electrons. The number of fused-ring (bicyclic) bond motifs is 1. The van der Waals surface area contributed by atoms with E-state index >= 15 is 8.78 Å². The van der Waals surface area contributed by atoms with Gasteiger partial charge in [0.05, 0.1) is 0 Å². The first-order valence-electron chi connectivity index (χ1n) is 11.4. The van der Waals surface area contributed by atoms with Crippen LogP contribution in [-0.4, -0.2) is 60.1 Å². The number of nitrogens with zero attached hydrogens (tertiary/aromatic N) is 4. The van der Waals surface area contributed by atoms with Crippen molar-refractivity contribution in [3.05, 3.63) is 59.5 Å². The Morgan fingerprint density at radius 2 is 1.78 bits per heavy atom. The third kappa shape index (κ3) is 5.48. The molecule has 1 fully saturated rings. The average molecular weight is 577 g/mol. The van der Waals surface area contributed by atoms with Gasteiger partial charge < -0.3 is 0 Å². The molecule has 12 heteroatoms. The predicted octanol–water partition coefficient (Wildman–Crippen LogP) is 2.87. The van der Waals surface area contributed by atoms with Crippen molar-refractivity contribution < 1.29 is 23.0 Å². The first-order valence-corrected chi connectivity index (χ1v) is 14.3. The van der Waals surface area contributed by atoms with E-state index in [4.69, 9.17) is 4.74 Å². The fraction of sp³-hybridized carbons (Fsp3) is 0.333. The number of alkyl halides is 2. The Labute approximate surface area is 215 Å². The van der Waals surface area contributed by atoms with Crippen LogP contribution in [0.1, 0.15) is 36.9 Å². The molecule has 1 aromatic carbocycles. The molecule has 36 heavy (non-hydrogen) atoms. The SMILES string of the molecule is COc1ccc2nc([AsH]c3cc(C(F)(F)c4ccc(F)cc4)nc(N[C@H]4CC[C@H](O)CC4)n3)sc2n1. The normalized spacial score (nSPS) is 18.7. The van der Waals surface area contributed by atoms with Gasteiger partial charge in [-0.05, 0) is 0 Å². The van der Waals surface area contributed by atoms with Crippen molar-refractivity contribution >= 4 is 51.7 Å². The minimum atomic E-state index is -3.45. The summed E-state index contributed by atoms with van der Waals surface area (Å²) in [6.07, 6.45) is 2.31. The fourth-order valence-corrected chi connectivity index (χ4v) is 7.84. The number of benzene rings is 1. The van der Waals surface area contributed by atoms with E-state index in [-0.39, 0.29) is 23.7 Å². The van der Waals surface area contributed by atoms with Crippen LogP contribution in [-0.2, 0) is 5.92 Å². The number of methoxy groups -OCH3 is 1. The number of aliphatic hydroxyl groups is 1. The van der Waals surface area contributed by atoms with Crippen molar-refractivity contribution in [2.45, 2.75) is 43.8 Å². The number of aromatic nitrogens is 4. The molecule has 2 N–H and O–H groups in total. The molecule has 3 heterocycles. The molecule has 1 aliphatic carbocycles. The van der Waals surface area contributed by atoms with Gasteiger partial charge in [0, 0.05) is 0 Å². The van der Waals surface area contributed by atoms with Gasteiger partial charge in [0.2, 0.25) is 0 Å². The zero-order chi connectivity index (χ0) is 25.3. The monoisotopic (exact) mass is 577 g/mol. The Hall–Kier alpha value is -2.75. The second-order valence-electron chi connectivity index (χ2n) is 8.52. The van der Waals surface area contributed by atoms with Crippen molar-refractivity contribution in [1.29, 1.82) is 0 Å². The number of pyridine rings is 1. The van der Waals surface area contributed by atoms with Gasteiger partial charge in [-0.25, -0.2) is 0 Å². The van der Waals surface area contributed by atoms with Gasteiger partial charge in [-0.15, -0.1) is 0 Å².